The van der Waals surface area contributed by atoms with Gasteiger partial charge in [-0.2, -0.15) is 0 Å². The molecule has 24 heavy (non-hydrogen) atoms. The zero-order valence-electron chi connectivity index (χ0n) is 13.6. The van der Waals surface area contributed by atoms with Crippen molar-refractivity contribution in [2.45, 2.75) is 12.3 Å². The molecule has 0 aliphatic carbocycles. The van der Waals surface area contributed by atoms with Gasteiger partial charge < -0.3 is 23.9 Å². The van der Waals surface area contributed by atoms with Gasteiger partial charge >= 0.3 is 0 Å². The number of benzene rings is 1. The van der Waals surface area contributed by atoms with E-state index >= 15 is 0 Å². The number of likely N-dealkylation sites (tertiary alicyclic amines) is 1. The monoisotopic (exact) mass is 331 g/mol. The van der Waals surface area contributed by atoms with Gasteiger partial charge in [0.2, 0.25) is 0 Å². The molecule has 1 fully saturated rings. The normalized spacial score (nSPS) is 17.1. The molecule has 0 radical (unpaired) electrons. The smallest absolute Gasteiger partial charge is 0.254 e. The zero-order valence-corrected chi connectivity index (χ0v) is 13.6. The summed E-state index contributed by atoms with van der Waals surface area (Å²) in [5.74, 6) is 2.12. The molecule has 6 nitrogen and oxygen atoms in total. The molecule has 0 saturated carbocycles. The van der Waals surface area contributed by atoms with Gasteiger partial charge in [0.15, 0.2) is 11.5 Å². The molecule has 3 rings (SSSR count). The van der Waals surface area contributed by atoms with Gasteiger partial charge in [0.1, 0.15) is 12.4 Å². The lowest BCUT2D eigenvalue weighted by Crippen LogP contribution is -2.28. The Morgan fingerprint density at radius 3 is 2.96 bits per heavy atom. The van der Waals surface area contributed by atoms with E-state index in [0.29, 0.717) is 30.2 Å². The number of rotatable bonds is 6. The van der Waals surface area contributed by atoms with E-state index in [-0.39, 0.29) is 25.0 Å². The van der Waals surface area contributed by atoms with Crippen molar-refractivity contribution in [1.29, 1.82) is 0 Å². The first kappa shape index (κ1) is 16.4. The summed E-state index contributed by atoms with van der Waals surface area (Å²) in [5.41, 5.74) is 0.545. The molecule has 1 amide bonds. The first-order valence-electron chi connectivity index (χ1n) is 7.97. The molecule has 6 heteroatoms. The Kier molecular flexibility index (Phi) is 5.05. The average Bonchev–Trinajstić information content (AvgIpc) is 3.29. The van der Waals surface area contributed by atoms with Crippen molar-refractivity contribution in [1.82, 2.24) is 4.90 Å². The molecule has 1 aliphatic rings. The highest BCUT2D eigenvalue weighted by molar-refractivity contribution is 5.95. The number of furan rings is 1. The van der Waals surface area contributed by atoms with Crippen LogP contribution < -0.4 is 9.47 Å². The van der Waals surface area contributed by atoms with E-state index < -0.39 is 0 Å². The third kappa shape index (κ3) is 3.38. The molecule has 1 saturated heterocycles. The minimum Gasteiger partial charge on any atom is -0.493 e. The maximum absolute atomic E-state index is 12.7. The van der Waals surface area contributed by atoms with Crippen LogP contribution in [0, 0.1) is 0 Å². The van der Waals surface area contributed by atoms with Crippen molar-refractivity contribution in [3.8, 4) is 11.5 Å². The standard InChI is InChI=1S/C18H21NO5/c1-22-16-5-4-13(11-17(16)24-10-8-20)18(21)19-7-6-14(12-19)15-3-2-9-23-15/h2-5,9,11,14,20H,6-8,10,12H2,1H3. The lowest BCUT2D eigenvalue weighted by Gasteiger charge is -2.17. The van der Waals surface area contributed by atoms with Gasteiger partial charge in [0.25, 0.3) is 5.91 Å². The van der Waals surface area contributed by atoms with Crippen LogP contribution in [0.1, 0.15) is 28.5 Å². The molecule has 1 unspecified atom stereocenters. The summed E-state index contributed by atoms with van der Waals surface area (Å²) < 4.78 is 16.1. The van der Waals surface area contributed by atoms with Crippen molar-refractivity contribution >= 4 is 5.91 Å². The predicted molar refractivity (Wildman–Crippen MR) is 87.5 cm³/mol. The predicted octanol–water partition coefficient (Wildman–Crippen LogP) is 2.29. The molecule has 1 aromatic heterocycles. The Labute approximate surface area is 140 Å². The van der Waals surface area contributed by atoms with E-state index in [4.69, 9.17) is 19.0 Å². The lowest BCUT2D eigenvalue weighted by atomic mass is 10.1. The van der Waals surface area contributed by atoms with E-state index in [2.05, 4.69) is 0 Å². The number of carbonyl (C=O) groups excluding carboxylic acids is 1. The Morgan fingerprint density at radius 2 is 2.25 bits per heavy atom. The first-order valence-corrected chi connectivity index (χ1v) is 7.97. The highest BCUT2D eigenvalue weighted by Gasteiger charge is 2.29. The van der Waals surface area contributed by atoms with Gasteiger partial charge in [-0.3, -0.25) is 4.79 Å². The van der Waals surface area contributed by atoms with E-state index in [1.54, 1.807) is 24.5 Å². The fourth-order valence-electron chi connectivity index (χ4n) is 2.96. The summed E-state index contributed by atoms with van der Waals surface area (Å²) >= 11 is 0. The first-order chi connectivity index (χ1) is 11.7. The number of hydrogen-bond acceptors (Lipinski definition) is 5. The number of carbonyl (C=O) groups is 1. The van der Waals surface area contributed by atoms with Crippen LogP contribution in [0.15, 0.2) is 41.0 Å². The van der Waals surface area contributed by atoms with Gasteiger partial charge in [-0.15, -0.1) is 0 Å². The Morgan fingerprint density at radius 1 is 1.38 bits per heavy atom. The summed E-state index contributed by atoms with van der Waals surface area (Å²) in [6, 6.07) is 8.92. The number of methoxy groups -OCH3 is 1. The van der Waals surface area contributed by atoms with Crippen molar-refractivity contribution < 1.29 is 23.8 Å². The maximum atomic E-state index is 12.7. The number of ether oxygens (including phenoxy) is 2. The minimum absolute atomic E-state index is 0.0412. The second-order valence-corrected chi connectivity index (χ2v) is 5.69. The number of hydrogen-bond donors (Lipinski definition) is 1. The SMILES string of the molecule is COc1ccc(C(=O)N2CCC(c3ccco3)C2)cc1OCCO. The third-order valence-electron chi connectivity index (χ3n) is 4.18. The van der Waals surface area contributed by atoms with Gasteiger partial charge in [-0.1, -0.05) is 0 Å². The minimum atomic E-state index is -0.0989. The van der Waals surface area contributed by atoms with Crippen LogP contribution in [0.3, 0.4) is 0 Å². The quantitative estimate of drug-likeness (QED) is 0.879. The van der Waals surface area contributed by atoms with Gasteiger partial charge in [-0.05, 0) is 36.8 Å². The summed E-state index contributed by atoms with van der Waals surface area (Å²) in [6.45, 7) is 1.39. The number of amides is 1. The molecule has 2 aromatic rings. The van der Waals surface area contributed by atoms with Crippen LogP contribution in [0.2, 0.25) is 0 Å². The second-order valence-electron chi connectivity index (χ2n) is 5.69. The van der Waals surface area contributed by atoms with E-state index in [1.165, 1.54) is 7.11 Å². The average molecular weight is 331 g/mol. The van der Waals surface area contributed by atoms with Crippen LogP contribution >= 0.6 is 0 Å². The number of nitrogens with zero attached hydrogens (tertiary/aromatic N) is 1. The van der Waals surface area contributed by atoms with Crippen LogP contribution in [0.4, 0.5) is 0 Å². The summed E-state index contributed by atoms with van der Waals surface area (Å²) in [6.07, 6.45) is 2.55. The van der Waals surface area contributed by atoms with Crippen molar-refractivity contribution in [2.75, 3.05) is 33.4 Å². The zero-order chi connectivity index (χ0) is 16.9. The number of aliphatic hydroxyl groups is 1. The molecule has 1 atom stereocenters. The molecular weight excluding hydrogens is 310 g/mol. The van der Waals surface area contributed by atoms with Crippen LogP contribution in [-0.2, 0) is 0 Å². The summed E-state index contributed by atoms with van der Waals surface area (Å²) in [4.78, 5) is 14.6. The highest BCUT2D eigenvalue weighted by atomic mass is 16.5. The molecular formula is C18H21NO5. The second kappa shape index (κ2) is 7.40. The molecule has 0 spiro atoms. The van der Waals surface area contributed by atoms with Crippen LogP contribution in [0.25, 0.3) is 0 Å². The van der Waals surface area contributed by atoms with Gasteiger partial charge in [0, 0.05) is 24.6 Å². The molecule has 1 aromatic carbocycles. The largest absolute Gasteiger partial charge is 0.493 e. The molecule has 1 aliphatic heterocycles. The molecule has 128 valence electrons. The maximum Gasteiger partial charge on any atom is 0.254 e. The highest BCUT2D eigenvalue weighted by Crippen LogP contribution is 2.31. The fourth-order valence-corrected chi connectivity index (χ4v) is 2.96. The van der Waals surface area contributed by atoms with Crippen LogP contribution in [-0.4, -0.2) is 49.3 Å². The van der Waals surface area contributed by atoms with E-state index in [1.807, 2.05) is 17.0 Å². The Hall–Kier alpha value is -2.47. The Balaban J connectivity index is 1.73. The lowest BCUT2D eigenvalue weighted by molar-refractivity contribution is 0.0789. The summed E-state index contributed by atoms with van der Waals surface area (Å²) in [5, 5.41) is 8.91. The van der Waals surface area contributed by atoms with Gasteiger partial charge in [0.05, 0.1) is 20.0 Å². The van der Waals surface area contributed by atoms with Crippen molar-refractivity contribution in [3.63, 3.8) is 0 Å². The summed E-state index contributed by atoms with van der Waals surface area (Å²) in [7, 11) is 1.54. The Bertz CT molecular complexity index is 683. The van der Waals surface area contributed by atoms with Gasteiger partial charge in [-0.25, -0.2) is 0 Å². The van der Waals surface area contributed by atoms with Crippen LogP contribution in [0.5, 0.6) is 11.5 Å². The molecule has 1 N–H and O–H groups in total. The fraction of sp³-hybridized carbons (Fsp3) is 0.389. The third-order valence-corrected chi connectivity index (χ3v) is 4.18. The van der Waals surface area contributed by atoms with Crippen molar-refractivity contribution in [2.24, 2.45) is 0 Å². The molecule has 2 heterocycles. The molecule has 0 bridgehead atoms. The van der Waals surface area contributed by atoms with Crippen molar-refractivity contribution in [3.05, 3.63) is 47.9 Å². The van der Waals surface area contributed by atoms with E-state index in [0.717, 1.165) is 12.2 Å². The van der Waals surface area contributed by atoms with E-state index in [9.17, 15) is 4.79 Å². The number of aliphatic hydroxyl groups excluding tert-OH is 1. The topological polar surface area (TPSA) is 72.1 Å².